The molecule has 1 aromatic heterocycles. The van der Waals surface area contributed by atoms with Gasteiger partial charge in [-0.15, -0.1) is 0 Å². The molecule has 2 rings (SSSR count). The molecule has 90 valence electrons. The van der Waals surface area contributed by atoms with Crippen molar-refractivity contribution >= 4 is 11.0 Å². The number of aryl methyl sites for hydroxylation is 1. The minimum Gasteiger partial charge on any atom is -0.493 e. The molecule has 0 aliphatic carbocycles. The molecule has 6 nitrogen and oxygen atoms in total. The highest BCUT2D eigenvalue weighted by atomic mass is 16.5. The van der Waals surface area contributed by atoms with E-state index in [2.05, 4.69) is 9.97 Å². The van der Waals surface area contributed by atoms with Crippen molar-refractivity contribution in [3.63, 3.8) is 0 Å². The summed E-state index contributed by atoms with van der Waals surface area (Å²) in [6.45, 7) is 1.78. The Balaban J connectivity index is 2.95. The average molecular weight is 236 g/mol. The number of aromatic amines is 2. The fourth-order valence-corrected chi connectivity index (χ4v) is 1.78. The molecule has 0 saturated carbocycles. The second-order valence-electron chi connectivity index (χ2n) is 3.57. The Bertz CT molecular complexity index is 684. The van der Waals surface area contributed by atoms with Crippen LogP contribution in [0, 0.1) is 6.92 Å². The third-order valence-electron chi connectivity index (χ3n) is 2.60. The van der Waals surface area contributed by atoms with Crippen molar-refractivity contribution in [3.8, 4) is 11.5 Å². The van der Waals surface area contributed by atoms with E-state index in [1.54, 1.807) is 13.0 Å². The lowest BCUT2D eigenvalue weighted by Crippen LogP contribution is -2.29. The topological polar surface area (TPSA) is 84.2 Å². The van der Waals surface area contributed by atoms with Crippen molar-refractivity contribution < 1.29 is 9.47 Å². The molecule has 0 bridgehead atoms. The molecule has 1 heterocycles. The molecule has 0 fully saturated rings. The average Bonchev–Trinajstić information content (AvgIpc) is 2.31. The maximum atomic E-state index is 11.3. The van der Waals surface area contributed by atoms with E-state index >= 15 is 0 Å². The van der Waals surface area contributed by atoms with Crippen LogP contribution in [0.4, 0.5) is 0 Å². The van der Waals surface area contributed by atoms with Gasteiger partial charge in [0.25, 0.3) is 0 Å². The Hall–Kier alpha value is -2.24. The van der Waals surface area contributed by atoms with Crippen molar-refractivity contribution in [2.45, 2.75) is 6.92 Å². The zero-order valence-electron chi connectivity index (χ0n) is 9.71. The zero-order chi connectivity index (χ0) is 12.6. The number of methoxy groups -OCH3 is 2. The number of benzene rings is 1. The van der Waals surface area contributed by atoms with E-state index in [-0.39, 0.29) is 0 Å². The molecule has 2 aromatic rings. The van der Waals surface area contributed by atoms with E-state index in [1.165, 1.54) is 14.2 Å². The molecule has 0 amide bonds. The SMILES string of the molecule is COc1cc2[nH]c(=O)c(=O)[nH]c2c(C)c1OC. The van der Waals surface area contributed by atoms with E-state index in [1.807, 2.05) is 0 Å². The number of aromatic nitrogens is 2. The van der Waals surface area contributed by atoms with Gasteiger partial charge in [0.1, 0.15) is 0 Å². The highest BCUT2D eigenvalue weighted by molar-refractivity contribution is 5.82. The molecule has 0 saturated heterocycles. The molecule has 1 aromatic carbocycles. The molecule has 0 aliphatic heterocycles. The highest BCUT2D eigenvalue weighted by Crippen LogP contribution is 2.34. The molecular formula is C11H12N2O4. The van der Waals surface area contributed by atoms with Gasteiger partial charge in [0.15, 0.2) is 11.5 Å². The number of H-pyrrole nitrogens is 2. The first-order valence-corrected chi connectivity index (χ1v) is 4.96. The van der Waals surface area contributed by atoms with Crippen LogP contribution >= 0.6 is 0 Å². The van der Waals surface area contributed by atoms with Crippen LogP contribution in [0.25, 0.3) is 11.0 Å². The number of hydrogen-bond acceptors (Lipinski definition) is 4. The van der Waals surface area contributed by atoms with E-state index in [9.17, 15) is 9.59 Å². The quantitative estimate of drug-likeness (QED) is 0.745. The number of ether oxygens (including phenoxy) is 2. The molecule has 17 heavy (non-hydrogen) atoms. The van der Waals surface area contributed by atoms with Gasteiger partial charge in [-0.05, 0) is 6.92 Å². The Morgan fingerprint density at radius 1 is 1.06 bits per heavy atom. The summed E-state index contributed by atoms with van der Waals surface area (Å²) in [5, 5.41) is 0. The van der Waals surface area contributed by atoms with Crippen LogP contribution in [0.15, 0.2) is 15.7 Å². The van der Waals surface area contributed by atoms with Gasteiger partial charge in [0.05, 0.1) is 25.3 Å². The second-order valence-corrected chi connectivity index (χ2v) is 3.57. The van der Waals surface area contributed by atoms with E-state index in [0.717, 1.165) is 0 Å². The summed E-state index contributed by atoms with van der Waals surface area (Å²) >= 11 is 0. The maximum absolute atomic E-state index is 11.3. The van der Waals surface area contributed by atoms with Gasteiger partial charge >= 0.3 is 11.1 Å². The third-order valence-corrected chi connectivity index (χ3v) is 2.60. The summed E-state index contributed by atoms with van der Waals surface area (Å²) in [6, 6.07) is 1.61. The Labute approximate surface area is 96.2 Å². The van der Waals surface area contributed by atoms with Crippen molar-refractivity contribution in [1.29, 1.82) is 0 Å². The first-order valence-electron chi connectivity index (χ1n) is 4.96. The molecular weight excluding hydrogens is 224 g/mol. The predicted octanol–water partition coefficient (Wildman–Crippen LogP) is 0.542. The summed E-state index contributed by atoms with van der Waals surface area (Å²) < 4.78 is 10.4. The van der Waals surface area contributed by atoms with Crippen LogP contribution in [-0.2, 0) is 0 Å². The molecule has 6 heteroatoms. The number of rotatable bonds is 2. The lowest BCUT2D eigenvalue weighted by Gasteiger charge is -2.12. The Morgan fingerprint density at radius 2 is 1.71 bits per heavy atom. The van der Waals surface area contributed by atoms with Gasteiger partial charge < -0.3 is 19.4 Å². The Kier molecular flexibility index (Phi) is 2.63. The van der Waals surface area contributed by atoms with Gasteiger partial charge in [-0.2, -0.15) is 0 Å². The fraction of sp³-hybridized carbons (Fsp3) is 0.273. The Morgan fingerprint density at radius 3 is 2.29 bits per heavy atom. The predicted molar refractivity (Wildman–Crippen MR) is 63.0 cm³/mol. The van der Waals surface area contributed by atoms with Gasteiger partial charge in [0, 0.05) is 11.6 Å². The van der Waals surface area contributed by atoms with Gasteiger partial charge in [-0.1, -0.05) is 0 Å². The number of hydrogen-bond donors (Lipinski definition) is 2. The van der Waals surface area contributed by atoms with Crippen LogP contribution in [0.1, 0.15) is 5.56 Å². The van der Waals surface area contributed by atoms with E-state index in [4.69, 9.17) is 9.47 Å². The van der Waals surface area contributed by atoms with Crippen molar-refractivity contribution in [2.24, 2.45) is 0 Å². The number of fused-ring (bicyclic) bond motifs is 1. The first-order chi connectivity index (χ1) is 8.08. The van der Waals surface area contributed by atoms with Crippen LogP contribution < -0.4 is 20.6 Å². The van der Waals surface area contributed by atoms with Gasteiger partial charge in [-0.3, -0.25) is 9.59 Å². The summed E-state index contributed by atoms with van der Waals surface area (Å²) in [4.78, 5) is 27.5. The van der Waals surface area contributed by atoms with Crippen LogP contribution in [0.5, 0.6) is 11.5 Å². The van der Waals surface area contributed by atoms with Crippen LogP contribution in [-0.4, -0.2) is 24.2 Å². The normalized spacial score (nSPS) is 10.5. The van der Waals surface area contributed by atoms with Gasteiger partial charge in [-0.25, -0.2) is 0 Å². The maximum Gasteiger partial charge on any atom is 0.314 e. The second kappa shape index (κ2) is 3.97. The lowest BCUT2D eigenvalue weighted by atomic mass is 10.1. The minimum absolute atomic E-state index is 0.500. The van der Waals surface area contributed by atoms with E-state index in [0.29, 0.717) is 28.1 Å². The summed E-state index contributed by atoms with van der Waals surface area (Å²) in [5.41, 5.74) is 0.365. The van der Waals surface area contributed by atoms with Crippen molar-refractivity contribution in [2.75, 3.05) is 14.2 Å². The monoisotopic (exact) mass is 236 g/mol. The largest absolute Gasteiger partial charge is 0.493 e. The molecule has 0 aliphatic rings. The molecule has 2 N–H and O–H groups in total. The standard InChI is InChI=1S/C11H12N2O4/c1-5-8-6(12-10(14)11(15)13-8)4-7(16-2)9(5)17-3/h4H,1-3H3,(H,12,14)(H,13,15). The number of nitrogens with one attached hydrogen (secondary N) is 2. The molecule has 0 unspecified atom stereocenters. The van der Waals surface area contributed by atoms with Crippen molar-refractivity contribution in [1.82, 2.24) is 9.97 Å². The summed E-state index contributed by atoms with van der Waals surface area (Å²) in [5.74, 6) is 1.03. The summed E-state index contributed by atoms with van der Waals surface area (Å²) in [6.07, 6.45) is 0. The van der Waals surface area contributed by atoms with Gasteiger partial charge in [0.2, 0.25) is 0 Å². The smallest absolute Gasteiger partial charge is 0.314 e. The fourth-order valence-electron chi connectivity index (χ4n) is 1.78. The minimum atomic E-state index is -0.691. The molecule has 0 spiro atoms. The van der Waals surface area contributed by atoms with Crippen LogP contribution in [0.2, 0.25) is 0 Å². The van der Waals surface area contributed by atoms with E-state index < -0.39 is 11.1 Å². The first kappa shape index (κ1) is 11.3. The molecule has 0 radical (unpaired) electrons. The molecule has 0 atom stereocenters. The zero-order valence-corrected chi connectivity index (χ0v) is 9.71. The highest BCUT2D eigenvalue weighted by Gasteiger charge is 2.13. The lowest BCUT2D eigenvalue weighted by molar-refractivity contribution is 0.353. The third kappa shape index (κ3) is 1.67. The van der Waals surface area contributed by atoms with Crippen molar-refractivity contribution in [3.05, 3.63) is 32.3 Å². The summed E-state index contributed by atoms with van der Waals surface area (Å²) in [7, 11) is 3.02. The van der Waals surface area contributed by atoms with Crippen LogP contribution in [0.3, 0.4) is 0 Å².